The van der Waals surface area contributed by atoms with Gasteiger partial charge in [-0.05, 0) is 12.1 Å². The molecule has 1 aromatic carbocycles. The number of amides is 1. The Labute approximate surface area is 97.9 Å². The van der Waals surface area contributed by atoms with Crippen LogP contribution in [0.4, 0.5) is 5.69 Å². The Morgan fingerprint density at radius 3 is 2.53 bits per heavy atom. The highest BCUT2D eigenvalue weighted by atomic mass is 16.6. The van der Waals surface area contributed by atoms with E-state index in [9.17, 15) is 9.59 Å². The van der Waals surface area contributed by atoms with Crippen LogP contribution in [0.1, 0.15) is 6.42 Å². The summed E-state index contributed by atoms with van der Waals surface area (Å²) in [6, 6.07) is 5.27. The van der Waals surface area contributed by atoms with Crippen molar-refractivity contribution < 1.29 is 19.1 Å². The fourth-order valence-corrected chi connectivity index (χ4v) is 2.02. The van der Waals surface area contributed by atoms with Gasteiger partial charge in [-0.1, -0.05) is 0 Å². The molecule has 0 atom stereocenters. The normalized spacial score (nSPS) is 18.7. The van der Waals surface area contributed by atoms with Gasteiger partial charge < -0.3 is 14.4 Å². The van der Waals surface area contributed by atoms with Gasteiger partial charge in [-0.2, -0.15) is 0 Å². The number of carbonyl (C=O) groups excluding carboxylic acids is 2. The number of carbonyl (C=O) groups is 2. The van der Waals surface area contributed by atoms with Crippen LogP contribution >= 0.6 is 0 Å². The van der Waals surface area contributed by atoms with Crippen LogP contribution in [0.5, 0.6) is 11.5 Å². The Morgan fingerprint density at radius 1 is 1.06 bits per heavy atom. The molecule has 0 aliphatic carbocycles. The van der Waals surface area contributed by atoms with Crippen LogP contribution in [-0.2, 0) is 9.59 Å². The average molecular weight is 233 g/mol. The van der Waals surface area contributed by atoms with E-state index in [2.05, 4.69) is 0 Å². The first-order valence-corrected chi connectivity index (χ1v) is 5.46. The summed E-state index contributed by atoms with van der Waals surface area (Å²) >= 11 is 0. The molecule has 17 heavy (non-hydrogen) atoms. The summed E-state index contributed by atoms with van der Waals surface area (Å²) < 4.78 is 10.8. The van der Waals surface area contributed by atoms with Crippen molar-refractivity contribution in [3.63, 3.8) is 0 Å². The van der Waals surface area contributed by atoms with Crippen molar-refractivity contribution >= 4 is 17.4 Å². The maximum atomic E-state index is 11.6. The maximum absolute atomic E-state index is 11.6. The van der Waals surface area contributed by atoms with E-state index in [4.69, 9.17) is 9.47 Å². The number of Topliss-reactive ketones (excluding diaryl/α,β-unsaturated/α-hetero) is 1. The van der Waals surface area contributed by atoms with Gasteiger partial charge in [-0.15, -0.1) is 0 Å². The van der Waals surface area contributed by atoms with Gasteiger partial charge >= 0.3 is 0 Å². The summed E-state index contributed by atoms with van der Waals surface area (Å²) in [5.74, 6) is 1.09. The predicted molar refractivity (Wildman–Crippen MR) is 59.4 cm³/mol. The van der Waals surface area contributed by atoms with E-state index in [1.807, 2.05) is 0 Å². The molecule has 1 aromatic rings. The molecule has 0 radical (unpaired) electrons. The monoisotopic (exact) mass is 233 g/mol. The molecule has 0 N–H and O–H groups in total. The van der Waals surface area contributed by atoms with Crippen molar-refractivity contribution in [2.24, 2.45) is 0 Å². The SMILES string of the molecule is O=C1CC(=O)N(c2ccc3c(c2)OCCO3)C1. The fourth-order valence-electron chi connectivity index (χ4n) is 2.02. The van der Waals surface area contributed by atoms with Crippen LogP contribution in [0.3, 0.4) is 0 Å². The number of ether oxygens (including phenoxy) is 2. The molecule has 3 rings (SSSR count). The van der Waals surface area contributed by atoms with Crippen molar-refractivity contribution in [2.45, 2.75) is 6.42 Å². The summed E-state index contributed by atoms with van der Waals surface area (Å²) in [4.78, 5) is 24.3. The van der Waals surface area contributed by atoms with Gasteiger partial charge in [-0.3, -0.25) is 9.59 Å². The van der Waals surface area contributed by atoms with Crippen LogP contribution in [0.25, 0.3) is 0 Å². The van der Waals surface area contributed by atoms with E-state index in [-0.39, 0.29) is 24.7 Å². The van der Waals surface area contributed by atoms with Crippen LogP contribution in [0, 0.1) is 0 Å². The van der Waals surface area contributed by atoms with Crippen LogP contribution in [0.15, 0.2) is 18.2 Å². The van der Waals surface area contributed by atoms with Crippen molar-refractivity contribution in [3.8, 4) is 11.5 Å². The summed E-state index contributed by atoms with van der Waals surface area (Å²) in [6.45, 7) is 1.19. The third kappa shape index (κ3) is 1.73. The zero-order valence-corrected chi connectivity index (χ0v) is 9.14. The first-order valence-electron chi connectivity index (χ1n) is 5.46. The number of nitrogens with zero attached hydrogens (tertiary/aromatic N) is 1. The second-order valence-corrected chi connectivity index (χ2v) is 4.02. The van der Waals surface area contributed by atoms with Gasteiger partial charge in [0.2, 0.25) is 5.91 Å². The lowest BCUT2D eigenvalue weighted by molar-refractivity contribution is -0.121. The molecule has 5 nitrogen and oxygen atoms in total. The maximum Gasteiger partial charge on any atom is 0.234 e. The Kier molecular flexibility index (Phi) is 2.24. The van der Waals surface area contributed by atoms with Crippen molar-refractivity contribution in [1.29, 1.82) is 0 Å². The molecule has 0 spiro atoms. The third-order valence-corrected chi connectivity index (χ3v) is 2.82. The number of hydrogen-bond acceptors (Lipinski definition) is 4. The van der Waals surface area contributed by atoms with E-state index >= 15 is 0 Å². The van der Waals surface area contributed by atoms with E-state index in [0.29, 0.717) is 30.4 Å². The number of anilines is 1. The van der Waals surface area contributed by atoms with Gasteiger partial charge in [0.1, 0.15) is 13.2 Å². The molecule has 1 amide bonds. The molecule has 0 aromatic heterocycles. The zero-order chi connectivity index (χ0) is 11.8. The van der Waals surface area contributed by atoms with Crippen molar-refractivity contribution in [1.82, 2.24) is 0 Å². The molecule has 5 heteroatoms. The standard InChI is InChI=1S/C12H11NO4/c14-9-6-12(15)13(7-9)8-1-2-10-11(5-8)17-4-3-16-10/h1-2,5H,3-4,6-7H2. The second-order valence-electron chi connectivity index (χ2n) is 4.02. The predicted octanol–water partition coefficient (Wildman–Crippen LogP) is 0.764. The minimum Gasteiger partial charge on any atom is -0.486 e. The molecule has 0 saturated carbocycles. The highest BCUT2D eigenvalue weighted by Gasteiger charge is 2.29. The molecule has 1 saturated heterocycles. The number of benzene rings is 1. The highest BCUT2D eigenvalue weighted by Crippen LogP contribution is 2.34. The number of rotatable bonds is 1. The van der Waals surface area contributed by atoms with Crippen LogP contribution in [0.2, 0.25) is 0 Å². The average Bonchev–Trinajstić information content (AvgIpc) is 2.68. The first kappa shape index (κ1) is 10.1. The minimum absolute atomic E-state index is 0.00551. The van der Waals surface area contributed by atoms with Crippen molar-refractivity contribution in [2.75, 3.05) is 24.7 Å². The van der Waals surface area contributed by atoms with Gasteiger partial charge in [0, 0.05) is 11.8 Å². The molecular formula is C12H11NO4. The third-order valence-electron chi connectivity index (χ3n) is 2.82. The van der Waals surface area contributed by atoms with Gasteiger partial charge in [0.25, 0.3) is 0 Å². The molecule has 0 bridgehead atoms. The number of fused-ring (bicyclic) bond motifs is 1. The largest absolute Gasteiger partial charge is 0.486 e. The summed E-state index contributed by atoms with van der Waals surface area (Å²) in [6.07, 6.45) is -0.00551. The summed E-state index contributed by atoms with van der Waals surface area (Å²) in [5.41, 5.74) is 0.685. The van der Waals surface area contributed by atoms with Crippen LogP contribution < -0.4 is 14.4 Å². The zero-order valence-electron chi connectivity index (χ0n) is 9.14. The lowest BCUT2D eigenvalue weighted by Crippen LogP contribution is -2.25. The number of hydrogen-bond donors (Lipinski definition) is 0. The van der Waals surface area contributed by atoms with E-state index in [0.717, 1.165) is 0 Å². The van der Waals surface area contributed by atoms with E-state index < -0.39 is 0 Å². The summed E-state index contributed by atoms with van der Waals surface area (Å²) in [7, 11) is 0. The minimum atomic E-state index is -0.160. The van der Waals surface area contributed by atoms with Crippen molar-refractivity contribution in [3.05, 3.63) is 18.2 Å². The quantitative estimate of drug-likeness (QED) is 0.672. The smallest absolute Gasteiger partial charge is 0.234 e. The van der Waals surface area contributed by atoms with E-state index in [1.54, 1.807) is 18.2 Å². The Bertz CT molecular complexity index is 497. The van der Waals surface area contributed by atoms with Gasteiger partial charge in [0.15, 0.2) is 17.3 Å². The lowest BCUT2D eigenvalue weighted by atomic mass is 10.2. The van der Waals surface area contributed by atoms with E-state index in [1.165, 1.54) is 4.90 Å². The topological polar surface area (TPSA) is 55.8 Å². The fraction of sp³-hybridized carbons (Fsp3) is 0.333. The first-order chi connectivity index (χ1) is 8.24. The molecule has 2 aliphatic heterocycles. The second kappa shape index (κ2) is 3.76. The Balaban J connectivity index is 1.93. The Morgan fingerprint density at radius 2 is 1.82 bits per heavy atom. The molecular weight excluding hydrogens is 222 g/mol. The van der Waals surface area contributed by atoms with Crippen LogP contribution in [-0.4, -0.2) is 31.4 Å². The molecule has 0 unspecified atom stereocenters. The number of ketones is 1. The molecule has 2 heterocycles. The van der Waals surface area contributed by atoms with Gasteiger partial charge in [-0.25, -0.2) is 0 Å². The molecule has 2 aliphatic rings. The molecule has 88 valence electrons. The van der Waals surface area contributed by atoms with Gasteiger partial charge in [0.05, 0.1) is 13.0 Å². The highest BCUT2D eigenvalue weighted by molar-refractivity contribution is 6.15. The lowest BCUT2D eigenvalue weighted by Gasteiger charge is -2.21. The summed E-state index contributed by atoms with van der Waals surface area (Å²) in [5, 5.41) is 0. The molecule has 1 fully saturated rings. The Hall–Kier alpha value is -2.04.